The Labute approximate surface area is 102 Å². The summed E-state index contributed by atoms with van der Waals surface area (Å²) in [6.07, 6.45) is 0.551. The minimum absolute atomic E-state index is 0.0951. The third-order valence-electron chi connectivity index (χ3n) is 3.03. The van der Waals surface area contributed by atoms with Crippen molar-refractivity contribution in [3.8, 4) is 0 Å². The van der Waals surface area contributed by atoms with Gasteiger partial charge < -0.3 is 9.64 Å². The largest absolute Gasteiger partial charge is 0.380 e. The number of carbonyl (C=O) groups excluding carboxylic acids is 1. The summed E-state index contributed by atoms with van der Waals surface area (Å²) in [5.74, 6) is -5.02. The number of hydrogen-bond donors (Lipinski definition) is 0. The number of hydrogen-bond acceptors (Lipinski definition) is 2. The topological polar surface area (TPSA) is 29.5 Å². The second-order valence-electron chi connectivity index (χ2n) is 4.12. The first-order valence-corrected chi connectivity index (χ1v) is 5.50. The Hall–Kier alpha value is -1.56. The monoisotopic (exact) mass is 259 g/mol. The highest BCUT2D eigenvalue weighted by Crippen LogP contribution is 2.20. The Morgan fingerprint density at radius 1 is 1.33 bits per heavy atom. The van der Waals surface area contributed by atoms with E-state index in [4.69, 9.17) is 4.74 Å². The standard InChI is InChI=1S/C12H12F3NO2/c1-18-7-4-5-16(6-7)12(17)8-2-3-9(13)11(15)10(8)14/h2-3,7H,4-6H2,1H3. The molecule has 98 valence electrons. The molecule has 1 aromatic rings. The highest BCUT2D eigenvalue weighted by Gasteiger charge is 2.29. The highest BCUT2D eigenvalue weighted by molar-refractivity contribution is 5.94. The van der Waals surface area contributed by atoms with Crippen LogP contribution in [0.2, 0.25) is 0 Å². The summed E-state index contributed by atoms with van der Waals surface area (Å²) in [4.78, 5) is 13.3. The van der Waals surface area contributed by atoms with Crippen LogP contribution in [-0.2, 0) is 4.74 Å². The predicted octanol–water partition coefficient (Wildman–Crippen LogP) is 1.96. The van der Waals surface area contributed by atoms with Gasteiger partial charge in [-0.15, -0.1) is 0 Å². The Bertz CT molecular complexity index is 479. The van der Waals surface area contributed by atoms with Crippen LogP contribution < -0.4 is 0 Å². The van der Waals surface area contributed by atoms with Crippen molar-refractivity contribution in [1.82, 2.24) is 4.90 Å². The van der Waals surface area contributed by atoms with Gasteiger partial charge >= 0.3 is 0 Å². The molecule has 0 saturated carbocycles. The molecule has 1 amide bonds. The second kappa shape index (κ2) is 4.97. The van der Waals surface area contributed by atoms with Crippen molar-refractivity contribution in [3.05, 3.63) is 35.1 Å². The first-order valence-electron chi connectivity index (χ1n) is 5.50. The molecule has 1 heterocycles. The first kappa shape index (κ1) is 12.9. The summed E-state index contributed by atoms with van der Waals surface area (Å²) in [5, 5.41) is 0. The summed E-state index contributed by atoms with van der Waals surface area (Å²) in [6, 6.07) is 1.70. The van der Waals surface area contributed by atoms with Gasteiger partial charge in [-0.2, -0.15) is 0 Å². The number of rotatable bonds is 2. The molecule has 0 aliphatic carbocycles. The summed E-state index contributed by atoms with van der Waals surface area (Å²) >= 11 is 0. The van der Waals surface area contributed by atoms with E-state index < -0.39 is 28.9 Å². The molecular weight excluding hydrogens is 247 g/mol. The van der Waals surface area contributed by atoms with Gasteiger partial charge in [-0.05, 0) is 18.6 Å². The molecule has 0 N–H and O–H groups in total. The molecule has 0 spiro atoms. The molecule has 1 aromatic carbocycles. The van der Waals surface area contributed by atoms with Crippen LogP contribution in [-0.4, -0.2) is 37.1 Å². The fourth-order valence-electron chi connectivity index (χ4n) is 1.97. The Morgan fingerprint density at radius 2 is 2.06 bits per heavy atom. The van der Waals surface area contributed by atoms with Gasteiger partial charge in [0.2, 0.25) is 0 Å². The highest BCUT2D eigenvalue weighted by atomic mass is 19.2. The number of benzene rings is 1. The fourth-order valence-corrected chi connectivity index (χ4v) is 1.97. The van der Waals surface area contributed by atoms with Crippen molar-refractivity contribution in [2.45, 2.75) is 12.5 Å². The van der Waals surface area contributed by atoms with Crippen molar-refractivity contribution in [2.24, 2.45) is 0 Å². The summed E-state index contributed by atoms with van der Waals surface area (Å²) < 4.78 is 44.3. The predicted molar refractivity (Wildman–Crippen MR) is 57.6 cm³/mol. The smallest absolute Gasteiger partial charge is 0.257 e. The minimum Gasteiger partial charge on any atom is -0.380 e. The van der Waals surface area contributed by atoms with Gasteiger partial charge in [-0.3, -0.25) is 4.79 Å². The van der Waals surface area contributed by atoms with E-state index in [0.29, 0.717) is 19.5 Å². The maximum absolute atomic E-state index is 13.5. The van der Waals surface area contributed by atoms with Gasteiger partial charge in [0, 0.05) is 20.2 Å². The van der Waals surface area contributed by atoms with E-state index >= 15 is 0 Å². The van der Waals surface area contributed by atoms with Crippen LogP contribution in [0, 0.1) is 17.5 Å². The van der Waals surface area contributed by atoms with E-state index in [-0.39, 0.29) is 6.10 Å². The molecule has 1 aliphatic rings. The SMILES string of the molecule is COC1CCN(C(=O)c2ccc(F)c(F)c2F)C1. The zero-order chi connectivity index (χ0) is 13.3. The van der Waals surface area contributed by atoms with Crippen LogP contribution in [0.5, 0.6) is 0 Å². The van der Waals surface area contributed by atoms with E-state index in [0.717, 1.165) is 12.1 Å². The molecular formula is C12H12F3NO2. The summed E-state index contributed by atoms with van der Waals surface area (Å²) in [7, 11) is 1.52. The van der Waals surface area contributed by atoms with Gasteiger partial charge in [0.05, 0.1) is 11.7 Å². The van der Waals surface area contributed by atoms with Crippen molar-refractivity contribution < 1.29 is 22.7 Å². The molecule has 0 radical (unpaired) electrons. The van der Waals surface area contributed by atoms with E-state index in [1.54, 1.807) is 0 Å². The summed E-state index contributed by atoms with van der Waals surface area (Å²) in [5.41, 5.74) is -0.453. The maximum atomic E-state index is 13.5. The normalized spacial score (nSPS) is 19.3. The van der Waals surface area contributed by atoms with Crippen molar-refractivity contribution >= 4 is 5.91 Å². The molecule has 1 aliphatic heterocycles. The molecule has 0 aromatic heterocycles. The molecule has 18 heavy (non-hydrogen) atoms. The molecule has 1 unspecified atom stereocenters. The molecule has 1 fully saturated rings. The van der Waals surface area contributed by atoms with Crippen molar-refractivity contribution in [3.63, 3.8) is 0 Å². The van der Waals surface area contributed by atoms with Gasteiger partial charge in [0.25, 0.3) is 5.91 Å². The Balaban J connectivity index is 2.22. The van der Waals surface area contributed by atoms with Crippen LogP contribution in [0.1, 0.15) is 16.8 Å². The average Bonchev–Trinajstić information content (AvgIpc) is 2.84. The maximum Gasteiger partial charge on any atom is 0.257 e. The van der Waals surface area contributed by atoms with Crippen molar-refractivity contribution in [2.75, 3.05) is 20.2 Å². The second-order valence-corrected chi connectivity index (χ2v) is 4.12. The fraction of sp³-hybridized carbons (Fsp3) is 0.417. The lowest BCUT2D eigenvalue weighted by Crippen LogP contribution is -2.30. The van der Waals surface area contributed by atoms with Crippen LogP contribution in [0.3, 0.4) is 0 Å². The number of amides is 1. The Kier molecular flexibility index (Phi) is 3.56. The zero-order valence-electron chi connectivity index (χ0n) is 9.75. The number of carbonyl (C=O) groups is 1. The van der Waals surface area contributed by atoms with Crippen LogP contribution in [0.4, 0.5) is 13.2 Å². The zero-order valence-corrected chi connectivity index (χ0v) is 9.75. The third kappa shape index (κ3) is 2.20. The number of methoxy groups -OCH3 is 1. The van der Waals surface area contributed by atoms with E-state index in [1.165, 1.54) is 12.0 Å². The van der Waals surface area contributed by atoms with Gasteiger partial charge in [-0.1, -0.05) is 0 Å². The quantitative estimate of drug-likeness (QED) is 0.760. The summed E-state index contributed by atoms with van der Waals surface area (Å²) in [6.45, 7) is 0.740. The molecule has 2 rings (SSSR count). The molecule has 6 heteroatoms. The van der Waals surface area contributed by atoms with Crippen LogP contribution >= 0.6 is 0 Å². The Morgan fingerprint density at radius 3 is 2.67 bits per heavy atom. The number of likely N-dealkylation sites (tertiary alicyclic amines) is 1. The lowest BCUT2D eigenvalue weighted by atomic mass is 10.1. The van der Waals surface area contributed by atoms with Gasteiger partial charge in [-0.25, -0.2) is 13.2 Å². The molecule has 1 saturated heterocycles. The van der Waals surface area contributed by atoms with Gasteiger partial charge in [0.1, 0.15) is 0 Å². The average molecular weight is 259 g/mol. The number of nitrogens with zero attached hydrogens (tertiary/aromatic N) is 1. The molecule has 0 bridgehead atoms. The minimum atomic E-state index is -1.62. The number of halogens is 3. The lowest BCUT2D eigenvalue weighted by molar-refractivity contribution is 0.0718. The van der Waals surface area contributed by atoms with Crippen molar-refractivity contribution in [1.29, 1.82) is 0 Å². The molecule has 1 atom stereocenters. The molecule has 3 nitrogen and oxygen atoms in total. The van der Waals surface area contributed by atoms with E-state index in [1.807, 2.05) is 0 Å². The van der Waals surface area contributed by atoms with E-state index in [2.05, 4.69) is 0 Å². The first-order chi connectivity index (χ1) is 8.54. The van der Waals surface area contributed by atoms with Crippen LogP contribution in [0.25, 0.3) is 0 Å². The number of ether oxygens (including phenoxy) is 1. The third-order valence-corrected chi connectivity index (χ3v) is 3.03. The van der Waals surface area contributed by atoms with Gasteiger partial charge in [0.15, 0.2) is 17.5 Å². The van der Waals surface area contributed by atoms with E-state index in [9.17, 15) is 18.0 Å². The lowest BCUT2D eigenvalue weighted by Gasteiger charge is -2.16. The van der Waals surface area contributed by atoms with Crippen LogP contribution in [0.15, 0.2) is 12.1 Å².